The van der Waals surface area contributed by atoms with E-state index in [2.05, 4.69) is 16.0 Å². The molecule has 0 atom stereocenters. The molecule has 7 nitrogen and oxygen atoms in total. The Morgan fingerprint density at radius 3 is 1.96 bits per heavy atom. The second-order valence-electron chi connectivity index (χ2n) is 5.94. The van der Waals surface area contributed by atoms with Gasteiger partial charge in [-0.25, -0.2) is 0 Å². The SMILES string of the molecule is CC(=O)Nc1ccc(NC(=S)Nc2ccc(N(CCO)CCO)c(Cl)c2)cc1. The van der Waals surface area contributed by atoms with Crippen molar-refractivity contribution in [2.75, 3.05) is 47.2 Å². The van der Waals surface area contributed by atoms with Crippen LogP contribution in [0.25, 0.3) is 0 Å². The van der Waals surface area contributed by atoms with E-state index in [0.717, 1.165) is 11.4 Å². The first-order valence-corrected chi connectivity index (χ1v) is 9.43. The monoisotopic (exact) mass is 422 g/mol. The second kappa shape index (κ2) is 10.8. The van der Waals surface area contributed by atoms with Crippen molar-refractivity contribution in [1.82, 2.24) is 0 Å². The van der Waals surface area contributed by atoms with Crippen molar-refractivity contribution < 1.29 is 15.0 Å². The van der Waals surface area contributed by atoms with Gasteiger partial charge in [-0.2, -0.15) is 0 Å². The topological polar surface area (TPSA) is 96.9 Å². The molecule has 0 aliphatic carbocycles. The highest BCUT2D eigenvalue weighted by Gasteiger charge is 2.11. The first-order valence-electron chi connectivity index (χ1n) is 8.65. The minimum Gasteiger partial charge on any atom is -0.395 e. The molecular formula is C19H23ClN4O3S. The fourth-order valence-corrected chi connectivity index (χ4v) is 3.10. The molecule has 28 heavy (non-hydrogen) atoms. The van der Waals surface area contributed by atoms with Gasteiger partial charge in [-0.1, -0.05) is 11.6 Å². The standard InChI is InChI=1S/C19H23ClN4O3S/c1-13(27)21-14-2-4-15(5-3-14)22-19(28)23-16-6-7-18(17(20)12-16)24(8-10-25)9-11-26/h2-7,12,25-26H,8-11H2,1H3,(H,21,27)(H2,22,23,28). The van der Waals surface area contributed by atoms with Crippen molar-refractivity contribution in [3.63, 3.8) is 0 Å². The number of hydrogen-bond acceptors (Lipinski definition) is 5. The van der Waals surface area contributed by atoms with Crippen molar-refractivity contribution in [2.24, 2.45) is 0 Å². The molecule has 0 spiro atoms. The third-order valence-electron chi connectivity index (χ3n) is 3.75. The normalized spacial score (nSPS) is 10.3. The molecule has 9 heteroatoms. The summed E-state index contributed by atoms with van der Waals surface area (Å²) in [6, 6.07) is 12.5. The summed E-state index contributed by atoms with van der Waals surface area (Å²) < 4.78 is 0. The molecule has 0 radical (unpaired) electrons. The van der Waals surface area contributed by atoms with E-state index < -0.39 is 0 Å². The quantitative estimate of drug-likeness (QED) is 0.417. The maximum atomic E-state index is 11.0. The maximum Gasteiger partial charge on any atom is 0.221 e. The molecule has 0 aliphatic rings. The average molecular weight is 423 g/mol. The molecule has 0 unspecified atom stereocenters. The number of nitrogens with one attached hydrogen (secondary N) is 3. The predicted octanol–water partition coefficient (Wildman–Crippen LogP) is 2.90. The van der Waals surface area contributed by atoms with Gasteiger partial charge in [0.15, 0.2) is 5.11 Å². The van der Waals surface area contributed by atoms with Crippen molar-refractivity contribution in [3.05, 3.63) is 47.5 Å². The maximum absolute atomic E-state index is 11.0. The number of aliphatic hydroxyl groups is 2. The van der Waals surface area contributed by atoms with E-state index >= 15 is 0 Å². The summed E-state index contributed by atoms with van der Waals surface area (Å²) in [6.45, 7) is 2.13. The van der Waals surface area contributed by atoms with Crippen LogP contribution in [0.4, 0.5) is 22.7 Å². The molecule has 1 amide bonds. The predicted molar refractivity (Wildman–Crippen MR) is 118 cm³/mol. The molecule has 0 bridgehead atoms. The summed E-state index contributed by atoms with van der Waals surface area (Å²) in [5, 5.41) is 28.0. The molecule has 0 heterocycles. The van der Waals surface area contributed by atoms with Crippen molar-refractivity contribution in [1.29, 1.82) is 0 Å². The molecule has 0 aliphatic heterocycles. The van der Waals surface area contributed by atoms with Gasteiger partial charge in [-0.15, -0.1) is 0 Å². The summed E-state index contributed by atoms with van der Waals surface area (Å²) in [7, 11) is 0. The zero-order valence-electron chi connectivity index (χ0n) is 15.4. The largest absolute Gasteiger partial charge is 0.395 e. The average Bonchev–Trinajstić information content (AvgIpc) is 2.63. The Morgan fingerprint density at radius 1 is 0.964 bits per heavy atom. The second-order valence-corrected chi connectivity index (χ2v) is 6.75. The lowest BCUT2D eigenvalue weighted by Gasteiger charge is -2.24. The summed E-state index contributed by atoms with van der Waals surface area (Å²) >= 11 is 11.7. The molecule has 2 rings (SSSR count). The van der Waals surface area contributed by atoms with Gasteiger partial charge in [0.25, 0.3) is 0 Å². The molecule has 0 aromatic heterocycles. The zero-order valence-corrected chi connectivity index (χ0v) is 17.0. The third-order valence-corrected chi connectivity index (χ3v) is 4.26. The van der Waals surface area contributed by atoms with E-state index in [0.29, 0.717) is 34.6 Å². The number of rotatable bonds is 8. The first-order chi connectivity index (χ1) is 13.4. The third kappa shape index (κ3) is 6.65. The molecule has 0 saturated heterocycles. The highest BCUT2D eigenvalue weighted by molar-refractivity contribution is 7.80. The van der Waals surface area contributed by atoms with E-state index in [9.17, 15) is 4.79 Å². The number of benzene rings is 2. The summed E-state index contributed by atoms with van der Waals surface area (Å²) in [6.07, 6.45) is 0. The van der Waals surface area contributed by atoms with Gasteiger partial charge in [0, 0.05) is 37.1 Å². The van der Waals surface area contributed by atoms with Gasteiger partial charge in [-0.05, 0) is 54.7 Å². The molecule has 150 valence electrons. The summed E-state index contributed by atoms with van der Waals surface area (Å²) in [5.74, 6) is -0.130. The highest BCUT2D eigenvalue weighted by Crippen LogP contribution is 2.29. The lowest BCUT2D eigenvalue weighted by atomic mass is 10.2. The number of halogens is 1. The van der Waals surface area contributed by atoms with E-state index in [1.807, 2.05) is 6.07 Å². The molecule has 0 fully saturated rings. The number of carbonyl (C=O) groups excluding carboxylic acids is 1. The lowest BCUT2D eigenvalue weighted by Crippen LogP contribution is -2.29. The minimum atomic E-state index is -0.130. The number of thiocarbonyl (C=S) groups is 1. The van der Waals surface area contributed by atoms with Crippen LogP contribution < -0.4 is 20.9 Å². The van der Waals surface area contributed by atoms with E-state index in [-0.39, 0.29) is 19.1 Å². The van der Waals surface area contributed by atoms with Crippen LogP contribution in [-0.2, 0) is 4.79 Å². The number of aliphatic hydroxyl groups excluding tert-OH is 2. The van der Waals surface area contributed by atoms with Gasteiger partial charge >= 0.3 is 0 Å². The Bertz CT molecular complexity index is 811. The fraction of sp³-hybridized carbons (Fsp3) is 0.263. The van der Waals surface area contributed by atoms with Gasteiger partial charge in [-0.3, -0.25) is 4.79 Å². The summed E-state index contributed by atoms with van der Waals surface area (Å²) in [4.78, 5) is 12.9. The van der Waals surface area contributed by atoms with E-state index in [1.165, 1.54) is 6.92 Å². The minimum absolute atomic E-state index is 0.0366. The van der Waals surface area contributed by atoms with Crippen LogP contribution in [0.2, 0.25) is 5.02 Å². The number of nitrogens with zero attached hydrogens (tertiary/aromatic N) is 1. The van der Waals surface area contributed by atoms with Crippen molar-refractivity contribution >= 4 is 57.6 Å². The van der Waals surface area contributed by atoms with Crippen LogP contribution in [0.3, 0.4) is 0 Å². The van der Waals surface area contributed by atoms with Crippen LogP contribution in [0, 0.1) is 0 Å². The van der Waals surface area contributed by atoms with Gasteiger partial charge < -0.3 is 31.1 Å². The van der Waals surface area contributed by atoms with Crippen molar-refractivity contribution in [3.8, 4) is 0 Å². The number of amides is 1. The Morgan fingerprint density at radius 2 is 1.46 bits per heavy atom. The molecular weight excluding hydrogens is 400 g/mol. The Labute approximate surface area is 174 Å². The number of hydrogen-bond donors (Lipinski definition) is 5. The van der Waals surface area contributed by atoms with E-state index in [4.69, 9.17) is 34.0 Å². The molecule has 5 N–H and O–H groups in total. The smallest absolute Gasteiger partial charge is 0.221 e. The van der Waals surface area contributed by atoms with Crippen molar-refractivity contribution in [2.45, 2.75) is 6.92 Å². The molecule has 2 aromatic carbocycles. The Hall–Kier alpha value is -2.39. The number of carbonyl (C=O) groups is 1. The molecule has 0 saturated carbocycles. The summed E-state index contributed by atoms with van der Waals surface area (Å²) in [5.41, 5.74) is 2.90. The van der Waals surface area contributed by atoms with Gasteiger partial charge in [0.2, 0.25) is 5.91 Å². The van der Waals surface area contributed by atoms with Crippen LogP contribution >= 0.6 is 23.8 Å². The van der Waals surface area contributed by atoms with E-state index in [1.54, 1.807) is 41.3 Å². The van der Waals surface area contributed by atoms with Crippen LogP contribution in [-0.4, -0.2) is 47.5 Å². The van der Waals surface area contributed by atoms with Gasteiger partial charge in [0.05, 0.1) is 23.9 Å². The number of anilines is 4. The zero-order chi connectivity index (χ0) is 20.5. The molecule has 2 aromatic rings. The van der Waals surface area contributed by atoms with Gasteiger partial charge in [0.1, 0.15) is 0 Å². The van der Waals surface area contributed by atoms with Crippen LogP contribution in [0.1, 0.15) is 6.92 Å². The fourth-order valence-electron chi connectivity index (χ4n) is 2.57. The first kappa shape index (κ1) is 21.9. The lowest BCUT2D eigenvalue weighted by molar-refractivity contribution is -0.114. The Kier molecular flexibility index (Phi) is 8.46. The Balaban J connectivity index is 2.00. The highest BCUT2D eigenvalue weighted by atomic mass is 35.5. The van der Waals surface area contributed by atoms with Crippen LogP contribution in [0.15, 0.2) is 42.5 Å². The van der Waals surface area contributed by atoms with Crippen LogP contribution in [0.5, 0.6) is 0 Å².